The first-order valence-electron chi connectivity index (χ1n) is 5.97. The summed E-state index contributed by atoms with van der Waals surface area (Å²) in [5.74, 6) is 0. The first-order chi connectivity index (χ1) is 9.02. The molecule has 0 bridgehead atoms. The molecule has 0 fully saturated rings. The molecule has 0 spiro atoms. The number of rotatable bonds is 4. The van der Waals surface area contributed by atoms with Crippen LogP contribution in [0.5, 0.6) is 0 Å². The largest absolute Gasteiger partial charge is 0.306 e. The molecule has 0 saturated carbocycles. The van der Waals surface area contributed by atoms with Crippen molar-refractivity contribution in [1.82, 2.24) is 5.32 Å². The van der Waals surface area contributed by atoms with Crippen LogP contribution in [0.25, 0.3) is 0 Å². The van der Waals surface area contributed by atoms with Crippen molar-refractivity contribution in [3.8, 4) is 0 Å². The zero-order valence-electron chi connectivity index (χ0n) is 10.6. The number of hydrogen-bond donors (Lipinski definition) is 1. The summed E-state index contributed by atoms with van der Waals surface area (Å²) in [6.07, 6.45) is 0. The summed E-state index contributed by atoms with van der Waals surface area (Å²) in [5, 5.41) is 3.60. The number of aryl methyl sites for hydroxylation is 1. The zero-order valence-corrected chi connectivity index (χ0v) is 16.8. The van der Waals surface area contributed by atoms with Crippen LogP contribution in [0.1, 0.15) is 29.0 Å². The fourth-order valence-electron chi connectivity index (χ4n) is 2.07. The molecule has 102 valence electrons. The highest BCUT2D eigenvalue weighted by molar-refractivity contribution is 14.1. The molecule has 0 amide bonds. The van der Waals surface area contributed by atoms with E-state index in [-0.39, 0.29) is 6.04 Å². The summed E-state index contributed by atoms with van der Waals surface area (Å²) in [5.41, 5.74) is 2.68. The Hall–Kier alpha value is 0.570. The van der Waals surface area contributed by atoms with E-state index in [4.69, 9.17) is 0 Å². The SMILES string of the molecule is CCNC(c1cc(Br)ccc1I)c1cc(Br)sc1C. The second-order valence-electron chi connectivity index (χ2n) is 4.22. The lowest BCUT2D eigenvalue weighted by Gasteiger charge is -2.20. The Morgan fingerprint density at radius 1 is 1.26 bits per heavy atom. The molecular weight excluding hydrogens is 501 g/mol. The van der Waals surface area contributed by atoms with Crippen LogP contribution < -0.4 is 5.32 Å². The van der Waals surface area contributed by atoms with Crippen LogP contribution in [0.4, 0.5) is 0 Å². The minimum Gasteiger partial charge on any atom is -0.306 e. The molecule has 1 N–H and O–H groups in total. The predicted molar refractivity (Wildman–Crippen MR) is 99.1 cm³/mol. The summed E-state index contributed by atoms with van der Waals surface area (Å²) in [6.45, 7) is 5.27. The molecule has 1 aromatic carbocycles. The average Bonchev–Trinajstić information content (AvgIpc) is 2.69. The van der Waals surface area contributed by atoms with Crippen LogP contribution in [0.15, 0.2) is 32.5 Å². The summed E-state index contributed by atoms with van der Waals surface area (Å²) in [4.78, 5) is 1.36. The molecule has 5 heteroatoms. The van der Waals surface area contributed by atoms with Gasteiger partial charge < -0.3 is 5.32 Å². The summed E-state index contributed by atoms with van der Waals surface area (Å²) >= 11 is 11.4. The molecule has 0 aliphatic rings. The van der Waals surface area contributed by atoms with Gasteiger partial charge in [0, 0.05) is 12.9 Å². The van der Waals surface area contributed by atoms with Crippen molar-refractivity contribution in [2.24, 2.45) is 0 Å². The molecule has 1 unspecified atom stereocenters. The summed E-state index contributed by atoms with van der Waals surface area (Å²) in [7, 11) is 0. The molecule has 2 aromatic rings. The number of halogens is 3. The lowest BCUT2D eigenvalue weighted by Crippen LogP contribution is -2.23. The predicted octanol–water partition coefficient (Wildman–Crippen LogP) is 5.89. The molecule has 1 heterocycles. The number of nitrogens with one attached hydrogen (secondary N) is 1. The normalized spacial score (nSPS) is 12.7. The van der Waals surface area contributed by atoms with Gasteiger partial charge in [0.15, 0.2) is 0 Å². The first-order valence-corrected chi connectivity index (χ1v) is 9.45. The molecule has 0 aliphatic heterocycles. The van der Waals surface area contributed by atoms with E-state index in [9.17, 15) is 0 Å². The van der Waals surface area contributed by atoms with Crippen molar-refractivity contribution >= 4 is 65.8 Å². The van der Waals surface area contributed by atoms with Crippen molar-refractivity contribution in [3.63, 3.8) is 0 Å². The molecule has 1 atom stereocenters. The Morgan fingerprint density at radius 3 is 2.58 bits per heavy atom. The number of benzene rings is 1. The van der Waals surface area contributed by atoms with Gasteiger partial charge in [0.25, 0.3) is 0 Å². The second kappa shape index (κ2) is 7.02. The van der Waals surface area contributed by atoms with Crippen molar-refractivity contribution in [2.75, 3.05) is 6.54 Å². The minimum atomic E-state index is 0.247. The third-order valence-corrected chi connectivity index (χ3v) is 5.96. The van der Waals surface area contributed by atoms with Gasteiger partial charge in [-0.15, -0.1) is 11.3 Å². The average molecular weight is 515 g/mol. The molecule has 0 saturated heterocycles. The van der Waals surface area contributed by atoms with Crippen LogP contribution in [0.3, 0.4) is 0 Å². The topological polar surface area (TPSA) is 12.0 Å². The van der Waals surface area contributed by atoms with Gasteiger partial charge in [-0.2, -0.15) is 0 Å². The standard InChI is InChI=1S/C14H14Br2INS/c1-3-18-14(10-7-13(16)19-8(10)2)11-6-9(15)4-5-12(11)17/h4-7,14,18H,3H2,1-2H3. The van der Waals surface area contributed by atoms with Gasteiger partial charge in [-0.3, -0.25) is 0 Å². The fourth-order valence-corrected chi connectivity index (χ4v) is 4.85. The summed E-state index contributed by atoms with van der Waals surface area (Å²) in [6, 6.07) is 8.92. The zero-order chi connectivity index (χ0) is 14.0. The van der Waals surface area contributed by atoms with Crippen LogP contribution >= 0.6 is 65.8 Å². The maximum absolute atomic E-state index is 3.60. The van der Waals surface area contributed by atoms with E-state index in [1.54, 1.807) is 11.3 Å². The van der Waals surface area contributed by atoms with Gasteiger partial charge in [-0.25, -0.2) is 0 Å². The van der Waals surface area contributed by atoms with Gasteiger partial charge >= 0.3 is 0 Å². The number of thiophene rings is 1. The molecule has 19 heavy (non-hydrogen) atoms. The van der Waals surface area contributed by atoms with Crippen molar-refractivity contribution in [3.05, 3.63) is 52.1 Å². The highest BCUT2D eigenvalue weighted by Crippen LogP contribution is 2.36. The minimum absolute atomic E-state index is 0.247. The highest BCUT2D eigenvalue weighted by Gasteiger charge is 2.19. The van der Waals surface area contributed by atoms with E-state index in [1.807, 2.05) is 0 Å². The van der Waals surface area contributed by atoms with E-state index in [0.717, 1.165) is 11.0 Å². The van der Waals surface area contributed by atoms with Crippen molar-refractivity contribution in [1.29, 1.82) is 0 Å². The monoisotopic (exact) mass is 513 g/mol. The third kappa shape index (κ3) is 3.81. The third-order valence-electron chi connectivity index (χ3n) is 2.91. The Labute approximate surface area is 148 Å². The lowest BCUT2D eigenvalue weighted by molar-refractivity contribution is 0.627. The van der Waals surface area contributed by atoms with Crippen LogP contribution in [-0.2, 0) is 0 Å². The maximum atomic E-state index is 3.60. The van der Waals surface area contributed by atoms with Crippen molar-refractivity contribution < 1.29 is 0 Å². The van der Waals surface area contributed by atoms with E-state index in [0.29, 0.717) is 0 Å². The molecule has 0 aliphatic carbocycles. The Balaban J connectivity index is 2.51. The molecule has 1 nitrogen and oxygen atoms in total. The van der Waals surface area contributed by atoms with E-state index < -0.39 is 0 Å². The van der Waals surface area contributed by atoms with Gasteiger partial charge in [-0.05, 0) is 87.4 Å². The Bertz CT molecular complexity index is 583. The van der Waals surface area contributed by atoms with Gasteiger partial charge in [0.1, 0.15) is 0 Å². The van der Waals surface area contributed by atoms with E-state index >= 15 is 0 Å². The fraction of sp³-hybridized carbons (Fsp3) is 0.286. The van der Waals surface area contributed by atoms with Crippen LogP contribution in [0.2, 0.25) is 0 Å². The second-order valence-corrected chi connectivity index (χ2v) is 8.93. The molecule has 2 rings (SSSR count). The Morgan fingerprint density at radius 2 is 2.00 bits per heavy atom. The van der Waals surface area contributed by atoms with Crippen LogP contribution in [0, 0.1) is 10.5 Å². The quantitative estimate of drug-likeness (QED) is 0.502. The first kappa shape index (κ1) is 15.9. The van der Waals surface area contributed by atoms with Gasteiger partial charge in [0.2, 0.25) is 0 Å². The number of hydrogen-bond acceptors (Lipinski definition) is 2. The van der Waals surface area contributed by atoms with E-state index in [2.05, 4.69) is 97.9 Å². The molecule has 0 radical (unpaired) electrons. The van der Waals surface area contributed by atoms with E-state index in [1.165, 1.54) is 23.4 Å². The van der Waals surface area contributed by atoms with Gasteiger partial charge in [0.05, 0.1) is 9.83 Å². The molecule has 1 aromatic heterocycles. The molecular formula is C14H14Br2INS. The van der Waals surface area contributed by atoms with Crippen molar-refractivity contribution in [2.45, 2.75) is 19.9 Å². The maximum Gasteiger partial charge on any atom is 0.0704 e. The lowest BCUT2D eigenvalue weighted by atomic mass is 9.99. The summed E-state index contributed by atoms with van der Waals surface area (Å²) < 4.78 is 3.60. The smallest absolute Gasteiger partial charge is 0.0704 e. The van der Waals surface area contributed by atoms with Gasteiger partial charge in [-0.1, -0.05) is 22.9 Å². The van der Waals surface area contributed by atoms with Crippen LogP contribution in [-0.4, -0.2) is 6.54 Å². The Kier molecular flexibility index (Phi) is 5.90. The highest BCUT2D eigenvalue weighted by atomic mass is 127.